The molecule has 0 aliphatic heterocycles. The van der Waals surface area contributed by atoms with Gasteiger partial charge in [-0.2, -0.15) is 10.2 Å². The van der Waals surface area contributed by atoms with Crippen molar-refractivity contribution in [3.05, 3.63) is 24.0 Å². The molecule has 3 nitrogen and oxygen atoms in total. The van der Waals surface area contributed by atoms with Crippen molar-refractivity contribution in [2.24, 2.45) is 5.92 Å². The van der Waals surface area contributed by atoms with Crippen molar-refractivity contribution < 1.29 is 0 Å². The van der Waals surface area contributed by atoms with Crippen LogP contribution >= 0.6 is 0 Å². The lowest BCUT2D eigenvalue weighted by atomic mass is 9.92. The molecule has 0 bridgehead atoms. The first-order valence-corrected chi connectivity index (χ1v) is 6.31. The van der Waals surface area contributed by atoms with Crippen LogP contribution in [0.4, 0.5) is 0 Å². The fraction of sp³-hybridized carbons (Fsp3) is 0.692. The zero-order valence-corrected chi connectivity index (χ0v) is 10.6. The molecule has 16 heavy (non-hydrogen) atoms. The predicted molar refractivity (Wildman–Crippen MR) is 67.1 cm³/mol. The van der Waals surface area contributed by atoms with Crippen molar-refractivity contribution in [1.82, 2.24) is 15.5 Å². The van der Waals surface area contributed by atoms with Crippen molar-refractivity contribution in [2.75, 3.05) is 6.54 Å². The standard InChI is InChI=1S/C13H23N3/c1-4-11(5-2)9-13(14-6-3)12-7-8-15-16-10-12/h7-8,10-11,13-14H,4-6,9H2,1-3H3. The van der Waals surface area contributed by atoms with Gasteiger partial charge in [-0.25, -0.2) is 0 Å². The Morgan fingerprint density at radius 3 is 2.44 bits per heavy atom. The smallest absolute Gasteiger partial charge is 0.0544 e. The van der Waals surface area contributed by atoms with Gasteiger partial charge in [0.1, 0.15) is 0 Å². The van der Waals surface area contributed by atoms with E-state index in [-0.39, 0.29) is 0 Å². The fourth-order valence-electron chi connectivity index (χ4n) is 2.05. The summed E-state index contributed by atoms with van der Waals surface area (Å²) >= 11 is 0. The van der Waals surface area contributed by atoms with E-state index < -0.39 is 0 Å². The Labute approximate surface area is 98.7 Å². The van der Waals surface area contributed by atoms with Crippen LogP contribution in [0.5, 0.6) is 0 Å². The molecule has 90 valence electrons. The Balaban J connectivity index is 2.67. The van der Waals surface area contributed by atoms with Gasteiger partial charge in [0, 0.05) is 12.2 Å². The van der Waals surface area contributed by atoms with Gasteiger partial charge < -0.3 is 5.32 Å². The molecule has 0 spiro atoms. The first-order valence-electron chi connectivity index (χ1n) is 6.31. The molecular formula is C13H23N3. The van der Waals surface area contributed by atoms with Gasteiger partial charge >= 0.3 is 0 Å². The summed E-state index contributed by atoms with van der Waals surface area (Å²) in [5, 5.41) is 11.3. The van der Waals surface area contributed by atoms with Crippen LogP contribution in [0.25, 0.3) is 0 Å². The zero-order valence-electron chi connectivity index (χ0n) is 10.6. The number of nitrogens with one attached hydrogen (secondary N) is 1. The van der Waals surface area contributed by atoms with Crippen molar-refractivity contribution in [3.8, 4) is 0 Å². The minimum Gasteiger partial charge on any atom is -0.310 e. The lowest BCUT2D eigenvalue weighted by Gasteiger charge is -2.22. The second-order valence-electron chi connectivity index (χ2n) is 4.20. The third-order valence-electron chi connectivity index (χ3n) is 3.18. The van der Waals surface area contributed by atoms with Crippen LogP contribution in [-0.4, -0.2) is 16.7 Å². The molecule has 0 aliphatic carbocycles. The maximum atomic E-state index is 3.96. The van der Waals surface area contributed by atoms with E-state index in [4.69, 9.17) is 0 Å². The second-order valence-corrected chi connectivity index (χ2v) is 4.20. The molecule has 0 saturated carbocycles. The normalized spacial score (nSPS) is 13.0. The number of rotatable bonds is 7. The van der Waals surface area contributed by atoms with Crippen molar-refractivity contribution in [3.63, 3.8) is 0 Å². The van der Waals surface area contributed by atoms with Crippen LogP contribution in [-0.2, 0) is 0 Å². The van der Waals surface area contributed by atoms with Gasteiger partial charge in [0.2, 0.25) is 0 Å². The van der Waals surface area contributed by atoms with Gasteiger partial charge in [-0.15, -0.1) is 0 Å². The SMILES string of the molecule is CCNC(CC(CC)CC)c1ccnnc1. The fourth-order valence-corrected chi connectivity index (χ4v) is 2.05. The molecule has 0 radical (unpaired) electrons. The summed E-state index contributed by atoms with van der Waals surface area (Å²) < 4.78 is 0. The molecule has 1 heterocycles. The molecule has 1 aromatic heterocycles. The summed E-state index contributed by atoms with van der Waals surface area (Å²) in [6, 6.07) is 2.48. The van der Waals surface area contributed by atoms with Gasteiger partial charge in [-0.05, 0) is 30.5 Å². The lowest BCUT2D eigenvalue weighted by Crippen LogP contribution is -2.23. The molecule has 3 heteroatoms. The van der Waals surface area contributed by atoms with E-state index >= 15 is 0 Å². The first-order chi connectivity index (χ1) is 7.81. The minimum absolute atomic E-state index is 0.422. The Kier molecular flexibility index (Phi) is 6.01. The third-order valence-corrected chi connectivity index (χ3v) is 3.18. The molecule has 1 aromatic rings. The monoisotopic (exact) mass is 221 g/mol. The quantitative estimate of drug-likeness (QED) is 0.769. The summed E-state index contributed by atoms with van der Waals surface area (Å²) in [7, 11) is 0. The molecule has 0 aliphatic rings. The summed E-state index contributed by atoms with van der Waals surface area (Å²) in [5.74, 6) is 0.789. The molecule has 1 atom stereocenters. The van der Waals surface area contributed by atoms with E-state index in [1.54, 1.807) is 6.20 Å². The van der Waals surface area contributed by atoms with Crippen molar-refractivity contribution >= 4 is 0 Å². The van der Waals surface area contributed by atoms with Crippen molar-refractivity contribution in [1.29, 1.82) is 0 Å². The Bertz CT molecular complexity index is 270. The van der Waals surface area contributed by atoms with Gasteiger partial charge in [0.25, 0.3) is 0 Å². The molecule has 0 amide bonds. The first kappa shape index (κ1) is 13.1. The molecule has 1 N–H and O–H groups in total. The lowest BCUT2D eigenvalue weighted by molar-refractivity contribution is 0.375. The zero-order chi connectivity index (χ0) is 11.8. The minimum atomic E-state index is 0.422. The van der Waals surface area contributed by atoms with Crippen LogP contribution in [0.2, 0.25) is 0 Å². The number of hydrogen-bond donors (Lipinski definition) is 1. The number of hydrogen-bond acceptors (Lipinski definition) is 3. The van der Waals surface area contributed by atoms with Gasteiger partial charge in [0.15, 0.2) is 0 Å². The maximum absolute atomic E-state index is 3.96. The summed E-state index contributed by atoms with van der Waals surface area (Å²) in [6.45, 7) is 7.67. The molecule has 1 unspecified atom stereocenters. The molecular weight excluding hydrogens is 198 g/mol. The van der Waals surface area contributed by atoms with E-state index in [1.807, 2.05) is 6.20 Å². The maximum Gasteiger partial charge on any atom is 0.0544 e. The highest BCUT2D eigenvalue weighted by atomic mass is 15.1. The van der Waals surface area contributed by atoms with Crippen LogP contribution in [0.1, 0.15) is 51.6 Å². The third kappa shape index (κ3) is 3.89. The van der Waals surface area contributed by atoms with Crippen LogP contribution < -0.4 is 5.32 Å². The average Bonchev–Trinajstić information content (AvgIpc) is 2.35. The summed E-state index contributed by atoms with van der Waals surface area (Å²) in [5.41, 5.74) is 1.25. The van der Waals surface area contributed by atoms with E-state index in [0.29, 0.717) is 6.04 Å². The van der Waals surface area contributed by atoms with Gasteiger partial charge in [0.05, 0.1) is 6.20 Å². The predicted octanol–water partition coefficient (Wildman–Crippen LogP) is 2.95. The Morgan fingerprint density at radius 1 is 1.19 bits per heavy atom. The largest absolute Gasteiger partial charge is 0.310 e. The summed E-state index contributed by atoms with van der Waals surface area (Å²) in [6.07, 6.45) is 7.32. The molecule has 0 saturated heterocycles. The topological polar surface area (TPSA) is 37.8 Å². The molecule has 0 aromatic carbocycles. The molecule has 1 rings (SSSR count). The van der Waals surface area contributed by atoms with E-state index in [0.717, 1.165) is 12.5 Å². The van der Waals surface area contributed by atoms with Gasteiger partial charge in [-0.1, -0.05) is 33.6 Å². The van der Waals surface area contributed by atoms with Gasteiger partial charge in [-0.3, -0.25) is 0 Å². The highest BCUT2D eigenvalue weighted by molar-refractivity contribution is 5.11. The number of nitrogens with zero attached hydrogens (tertiary/aromatic N) is 2. The van der Waals surface area contributed by atoms with Crippen LogP contribution in [0.15, 0.2) is 18.5 Å². The average molecular weight is 221 g/mol. The van der Waals surface area contributed by atoms with E-state index in [2.05, 4.69) is 42.4 Å². The highest BCUT2D eigenvalue weighted by Gasteiger charge is 2.15. The van der Waals surface area contributed by atoms with Crippen LogP contribution in [0.3, 0.4) is 0 Å². The van der Waals surface area contributed by atoms with Crippen molar-refractivity contribution in [2.45, 2.75) is 46.1 Å². The van der Waals surface area contributed by atoms with Crippen LogP contribution in [0, 0.1) is 5.92 Å². The van der Waals surface area contributed by atoms with E-state index in [1.165, 1.54) is 24.8 Å². The summed E-state index contributed by atoms with van der Waals surface area (Å²) in [4.78, 5) is 0. The highest BCUT2D eigenvalue weighted by Crippen LogP contribution is 2.24. The Morgan fingerprint density at radius 2 is 1.94 bits per heavy atom. The Hall–Kier alpha value is -0.960. The molecule has 0 fully saturated rings. The number of aromatic nitrogens is 2. The second kappa shape index (κ2) is 7.34. The van der Waals surface area contributed by atoms with E-state index in [9.17, 15) is 0 Å².